The Morgan fingerprint density at radius 3 is 2.65 bits per heavy atom. The molecule has 1 aromatic carbocycles. The van der Waals surface area contributed by atoms with E-state index in [-0.39, 0.29) is 18.4 Å². The third-order valence-corrected chi connectivity index (χ3v) is 3.24. The largest absolute Gasteiger partial charge is 0.370 e. The van der Waals surface area contributed by atoms with Crippen LogP contribution in [-0.4, -0.2) is 16.9 Å². The molecule has 20 heavy (non-hydrogen) atoms. The fraction of sp³-hybridized carbons (Fsp3) is 0.154. The number of benzene rings is 1. The number of rotatable bonds is 5. The van der Waals surface area contributed by atoms with Gasteiger partial charge in [-0.1, -0.05) is 18.2 Å². The molecule has 0 atom stereocenters. The molecule has 4 N–H and O–H groups in total. The molecule has 1 aromatic heterocycles. The van der Waals surface area contributed by atoms with Crippen molar-refractivity contribution in [3.8, 4) is 0 Å². The number of carbonyl (C=O) groups is 2. The molecular formula is C13H14N4O2S. The normalized spacial score (nSPS) is 10.0. The van der Waals surface area contributed by atoms with E-state index in [0.29, 0.717) is 17.2 Å². The standard InChI is InChI=1S/C13H14N4O2S/c14-11(18)7-6-10-8-20-13(16-10)17-12(19)15-9-4-2-1-3-5-9/h1-5,8H,6-7H2,(H2,14,18)(H2,15,16,17,19). The van der Waals surface area contributed by atoms with Crippen molar-refractivity contribution in [2.45, 2.75) is 12.8 Å². The molecule has 7 heteroatoms. The van der Waals surface area contributed by atoms with Gasteiger partial charge in [-0.3, -0.25) is 10.1 Å². The summed E-state index contributed by atoms with van der Waals surface area (Å²) in [5.74, 6) is -0.366. The van der Waals surface area contributed by atoms with Crippen molar-refractivity contribution in [2.24, 2.45) is 5.73 Å². The minimum atomic E-state index is -0.366. The number of para-hydroxylation sites is 1. The molecule has 0 saturated carbocycles. The number of thiazole rings is 1. The van der Waals surface area contributed by atoms with Crippen molar-refractivity contribution in [1.29, 1.82) is 0 Å². The topological polar surface area (TPSA) is 97.1 Å². The van der Waals surface area contributed by atoms with Gasteiger partial charge in [0.05, 0.1) is 5.69 Å². The van der Waals surface area contributed by atoms with Crippen LogP contribution in [0.15, 0.2) is 35.7 Å². The SMILES string of the molecule is NC(=O)CCc1csc(NC(=O)Nc2ccccc2)n1. The number of amides is 3. The van der Waals surface area contributed by atoms with Crippen molar-refractivity contribution in [1.82, 2.24) is 4.98 Å². The van der Waals surface area contributed by atoms with Gasteiger partial charge in [0, 0.05) is 17.5 Å². The molecule has 0 fully saturated rings. The Bertz CT molecular complexity index is 597. The molecule has 2 rings (SSSR count). The van der Waals surface area contributed by atoms with E-state index >= 15 is 0 Å². The van der Waals surface area contributed by atoms with E-state index in [4.69, 9.17) is 5.73 Å². The number of nitrogens with zero attached hydrogens (tertiary/aromatic N) is 1. The first-order chi connectivity index (χ1) is 9.63. The van der Waals surface area contributed by atoms with Crippen LogP contribution in [0.2, 0.25) is 0 Å². The lowest BCUT2D eigenvalue weighted by atomic mass is 10.2. The van der Waals surface area contributed by atoms with Gasteiger partial charge in [-0.05, 0) is 18.6 Å². The molecule has 0 bridgehead atoms. The second-order valence-electron chi connectivity index (χ2n) is 4.06. The van der Waals surface area contributed by atoms with Gasteiger partial charge in [0.25, 0.3) is 0 Å². The Labute approximate surface area is 120 Å². The van der Waals surface area contributed by atoms with Crippen LogP contribution in [-0.2, 0) is 11.2 Å². The zero-order chi connectivity index (χ0) is 14.4. The van der Waals surface area contributed by atoms with E-state index in [1.54, 1.807) is 17.5 Å². The summed E-state index contributed by atoms with van der Waals surface area (Å²) in [6.07, 6.45) is 0.729. The molecule has 0 saturated heterocycles. The van der Waals surface area contributed by atoms with Gasteiger partial charge in [-0.25, -0.2) is 9.78 Å². The lowest BCUT2D eigenvalue weighted by Crippen LogP contribution is -2.19. The predicted octanol–water partition coefficient (Wildman–Crippen LogP) is 2.21. The quantitative estimate of drug-likeness (QED) is 0.787. The Balaban J connectivity index is 1.87. The maximum absolute atomic E-state index is 11.7. The average Bonchev–Trinajstić information content (AvgIpc) is 2.85. The molecule has 0 radical (unpaired) electrons. The van der Waals surface area contributed by atoms with Crippen LogP contribution >= 0.6 is 11.3 Å². The van der Waals surface area contributed by atoms with Crippen LogP contribution in [0.4, 0.5) is 15.6 Å². The molecule has 3 amide bonds. The fourth-order valence-corrected chi connectivity index (χ4v) is 2.25. The Morgan fingerprint density at radius 1 is 1.20 bits per heavy atom. The van der Waals surface area contributed by atoms with E-state index in [1.165, 1.54) is 11.3 Å². The summed E-state index contributed by atoms with van der Waals surface area (Å²) in [5, 5.41) is 7.61. The summed E-state index contributed by atoms with van der Waals surface area (Å²) in [4.78, 5) is 26.6. The van der Waals surface area contributed by atoms with Crippen LogP contribution < -0.4 is 16.4 Å². The van der Waals surface area contributed by atoms with Gasteiger partial charge < -0.3 is 11.1 Å². The number of nitrogens with one attached hydrogen (secondary N) is 2. The van der Waals surface area contributed by atoms with Crippen molar-refractivity contribution in [3.05, 3.63) is 41.4 Å². The van der Waals surface area contributed by atoms with E-state index in [2.05, 4.69) is 15.6 Å². The van der Waals surface area contributed by atoms with E-state index < -0.39 is 0 Å². The minimum Gasteiger partial charge on any atom is -0.370 e. The van der Waals surface area contributed by atoms with Crippen molar-refractivity contribution >= 4 is 34.1 Å². The van der Waals surface area contributed by atoms with Gasteiger partial charge in [-0.2, -0.15) is 0 Å². The smallest absolute Gasteiger partial charge is 0.325 e. The molecule has 0 aliphatic heterocycles. The average molecular weight is 290 g/mol. The molecule has 6 nitrogen and oxygen atoms in total. The van der Waals surface area contributed by atoms with Crippen molar-refractivity contribution in [3.63, 3.8) is 0 Å². The minimum absolute atomic E-state index is 0.249. The van der Waals surface area contributed by atoms with Gasteiger partial charge >= 0.3 is 6.03 Å². The number of anilines is 2. The van der Waals surface area contributed by atoms with Crippen LogP contribution in [0.3, 0.4) is 0 Å². The summed E-state index contributed by atoms with van der Waals surface area (Å²) < 4.78 is 0. The Kier molecular flexibility index (Phi) is 4.67. The molecule has 0 spiro atoms. The second kappa shape index (κ2) is 6.67. The number of hydrogen-bond donors (Lipinski definition) is 3. The van der Waals surface area contributed by atoms with Gasteiger partial charge in [0.1, 0.15) is 0 Å². The molecule has 0 aliphatic carbocycles. The number of aryl methyl sites for hydroxylation is 1. The monoisotopic (exact) mass is 290 g/mol. The first-order valence-corrected chi connectivity index (χ1v) is 6.87. The maximum atomic E-state index is 11.7. The first-order valence-electron chi connectivity index (χ1n) is 5.99. The van der Waals surface area contributed by atoms with Crippen molar-refractivity contribution in [2.75, 3.05) is 10.6 Å². The Hall–Kier alpha value is -2.41. The summed E-state index contributed by atoms with van der Waals surface area (Å²) in [5.41, 5.74) is 6.51. The van der Waals surface area contributed by atoms with E-state index in [0.717, 1.165) is 5.69 Å². The highest BCUT2D eigenvalue weighted by molar-refractivity contribution is 7.13. The number of primary amides is 1. The summed E-state index contributed by atoms with van der Waals surface area (Å²) in [6, 6.07) is 8.77. The summed E-state index contributed by atoms with van der Waals surface area (Å²) in [7, 11) is 0. The van der Waals surface area contributed by atoms with E-state index in [1.807, 2.05) is 18.2 Å². The van der Waals surface area contributed by atoms with E-state index in [9.17, 15) is 9.59 Å². The number of nitrogens with two attached hydrogens (primary N) is 1. The number of hydrogen-bond acceptors (Lipinski definition) is 4. The van der Waals surface area contributed by atoms with Gasteiger partial charge in [-0.15, -0.1) is 11.3 Å². The second-order valence-corrected chi connectivity index (χ2v) is 4.91. The number of urea groups is 1. The highest BCUT2D eigenvalue weighted by atomic mass is 32.1. The summed E-state index contributed by atoms with van der Waals surface area (Å²) in [6.45, 7) is 0. The van der Waals surface area contributed by atoms with Crippen LogP contribution in [0.25, 0.3) is 0 Å². The Morgan fingerprint density at radius 2 is 1.95 bits per heavy atom. The lowest BCUT2D eigenvalue weighted by Gasteiger charge is -2.04. The van der Waals surface area contributed by atoms with Crippen molar-refractivity contribution < 1.29 is 9.59 Å². The van der Waals surface area contributed by atoms with Gasteiger partial charge in [0.15, 0.2) is 5.13 Å². The molecule has 0 aliphatic rings. The molecule has 2 aromatic rings. The zero-order valence-corrected chi connectivity index (χ0v) is 11.4. The zero-order valence-electron chi connectivity index (χ0n) is 10.6. The molecular weight excluding hydrogens is 276 g/mol. The fourth-order valence-electron chi connectivity index (χ4n) is 1.51. The maximum Gasteiger partial charge on any atom is 0.325 e. The number of aromatic nitrogens is 1. The lowest BCUT2D eigenvalue weighted by molar-refractivity contribution is -0.118. The number of carbonyl (C=O) groups excluding carboxylic acids is 2. The third kappa shape index (κ3) is 4.36. The summed E-state index contributed by atoms with van der Waals surface area (Å²) >= 11 is 1.30. The molecule has 104 valence electrons. The highest BCUT2D eigenvalue weighted by Gasteiger charge is 2.07. The first kappa shape index (κ1) is 14.0. The molecule has 0 unspecified atom stereocenters. The van der Waals surface area contributed by atoms with Crippen LogP contribution in [0.1, 0.15) is 12.1 Å². The third-order valence-electron chi connectivity index (χ3n) is 2.43. The predicted molar refractivity (Wildman–Crippen MR) is 78.7 cm³/mol. The van der Waals surface area contributed by atoms with Crippen LogP contribution in [0.5, 0.6) is 0 Å². The van der Waals surface area contributed by atoms with Gasteiger partial charge in [0.2, 0.25) is 5.91 Å². The van der Waals surface area contributed by atoms with Crippen LogP contribution in [0, 0.1) is 0 Å². The highest BCUT2D eigenvalue weighted by Crippen LogP contribution is 2.17. The molecule has 1 heterocycles.